The Kier molecular flexibility index (Phi) is 11.8. The third-order valence-electron chi connectivity index (χ3n) is 11.7. The fraction of sp³-hybridized carbons (Fsp3) is 0.208. The van der Waals surface area contributed by atoms with Crippen molar-refractivity contribution in [1.29, 1.82) is 0 Å². The molecular weight excluding hydrogens is 901 g/mol. The van der Waals surface area contributed by atoms with Crippen molar-refractivity contribution in [3.05, 3.63) is 178 Å². The molecule has 0 aliphatic carbocycles. The van der Waals surface area contributed by atoms with E-state index in [2.05, 4.69) is 30.4 Å². The van der Waals surface area contributed by atoms with Crippen LogP contribution in [0.5, 0.6) is 11.5 Å². The molecule has 0 N–H and O–H groups in total. The Bertz CT molecular complexity index is 3020. The van der Waals surface area contributed by atoms with Crippen LogP contribution < -0.4 is 9.47 Å². The Morgan fingerprint density at radius 1 is 0.529 bits per heavy atom. The third kappa shape index (κ3) is 8.19. The van der Waals surface area contributed by atoms with E-state index >= 15 is 8.78 Å². The SMILES string of the molecule is COc1cc(/C=C/c2nnc3n2CC[C@@]3(F)c2cc(F)c(F)c(F)c2)ccc1-n1cnc(C)c1.COc1cc(/C=C/c2nnc3n2CC[C@]3(F)c2cc(F)c(F)c(F)c2)ccc1-n1cnc(C)c1. The predicted octanol–water partition coefficient (Wildman–Crippen LogP) is 9.97. The van der Waals surface area contributed by atoms with Crippen LogP contribution in [0, 0.1) is 48.8 Å². The van der Waals surface area contributed by atoms with Crippen LogP contribution in [0.1, 0.15) is 69.8 Å². The number of imidazole rings is 2. The molecule has 0 spiro atoms. The molecule has 4 aromatic heterocycles. The lowest BCUT2D eigenvalue weighted by Crippen LogP contribution is -2.20. The zero-order valence-corrected chi connectivity index (χ0v) is 36.5. The number of hydrogen-bond donors (Lipinski definition) is 0. The molecule has 2 aliphatic heterocycles. The van der Waals surface area contributed by atoms with Crippen LogP contribution in [0.3, 0.4) is 0 Å². The molecule has 6 heterocycles. The predicted molar refractivity (Wildman–Crippen MR) is 233 cm³/mol. The zero-order chi connectivity index (χ0) is 48.1. The van der Waals surface area contributed by atoms with Gasteiger partial charge in [-0.25, -0.2) is 45.1 Å². The van der Waals surface area contributed by atoms with Crippen LogP contribution in [0.4, 0.5) is 35.1 Å². The minimum Gasteiger partial charge on any atom is -0.495 e. The Labute approximate surface area is 382 Å². The molecule has 2 aliphatic rings. The van der Waals surface area contributed by atoms with Crippen molar-refractivity contribution in [2.24, 2.45) is 0 Å². The second kappa shape index (κ2) is 17.7. The minimum absolute atomic E-state index is 0.0824. The molecule has 8 aromatic rings. The molecule has 0 bridgehead atoms. The summed E-state index contributed by atoms with van der Waals surface area (Å²) >= 11 is 0. The van der Waals surface area contributed by atoms with Crippen LogP contribution in [0.15, 0.2) is 85.7 Å². The molecule has 20 heteroatoms. The van der Waals surface area contributed by atoms with E-state index in [1.54, 1.807) is 51.2 Å². The zero-order valence-electron chi connectivity index (χ0n) is 36.5. The molecule has 12 nitrogen and oxygen atoms in total. The first kappa shape index (κ1) is 45.3. The molecule has 0 amide bonds. The van der Waals surface area contributed by atoms with Gasteiger partial charge in [0.05, 0.1) is 49.6 Å². The molecule has 0 saturated carbocycles. The van der Waals surface area contributed by atoms with Gasteiger partial charge >= 0.3 is 0 Å². The number of alkyl halides is 2. The summed E-state index contributed by atoms with van der Waals surface area (Å²) in [6.45, 7) is 4.18. The number of rotatable bonds is 10. The number of aryl methyl sites for hydroxylation is 2. The highest BCUT2D eigenvalue weighted by atomic mass is 19.2. The van der Waals surface area contributed by atoms with Gasteiger partial charge in [-0.15, -0.1) is 20.4 Å². The number of benzene rings is 4. The van der Waals surface area contributed by atoms with Gasteiger partial charge in [-0.1, -0.05) is 24.3 Å². The molecule has 0 unspecified atom stereocenters. The Hall–Kier alpha value is -7.90. The number of hydrogen-bond acceptors (Lipinski definition) is 8. The molecule has 0 radical (unpaired) electrons. The van der Waals surface area contributed by atoms with E-state index in [0.29, 0.717) is 47.4 Å². The van der Waals surface area contributed by atoms with Crippen molar-refractivity contribution in [1.82, 2.24) is 48.6 Å². The summed E-state index contributed by atoms with van der Waals surface area (Å²) in [7, 11) is 3.15. The van der Waals surface area contributed by atoms with Crippen molar-refractivity contribution in [3.8, 4) is 22.9 Å². The summed E-state index contributed by atoms with van der Waals surface area (Å²) in [6.07, 6.45) is 13.9. The van der Waals surface area contributed by atoms with Gasteiger partial charge in [0.15, 0.2) is 69.5 Å². The quantitative estimate of drug-likeness (QED) is 0.0984. The number of nitrogens with zero attached hydrogens (tertiary/aromatic N) is 10. The number of ether oxygens (including phenoxy) is 2. The van der Waals surface area contributed by atoms with Crippen LogP contribution in [-0.2, 0) is 24.4 Å². The lowest BCUT2D eigenvalue weighted by atomic mass is 9.93. The lowest BCUT2D eigenvalue weighted by Gasteiger charge is -2.18. The summed E-state index contributed by atoms with van der Waals surface area (Å²) in [5, 5.41) is 15.9. The summed E-state index contributed by atoms with van der Waals surface area (Å²) in [6, 6.07) is 13.9. The maximum Gasteiger partial charge on any atom is 0.197 e. The normalized spacial score (nSPS) is 17.5. The van der Waals surface area contributed by atoms with Gasteiger partial charge in [0, 0.05) is 49.5 Å². The van der Waals surface area contributed by atoms with Gasteiger partial charge in [0.25, 0.3) is 0 Å². The van der Waals surface area contributed by atoms with E-state index in [0.717, 1.165) is 33.9 Å². The average Bonchev–Trinajstić information content (AvgIpc) is 4.21. The molecule has 10 rings (SSSR count). The molecule has 4 aromatic carbocycles. The first-order valence-corrected chi connectivity index (χ1v) is 20.9. The summed E-state index contributed by atoms with van der Waals surface area (Å²) in [5.74, 6) is -7.22. The lowest BCUT2D eigenvalue weighted by molar-refractivity contribution is 0.213. The third-order valence-corrected chi connectivity index (χ3v) is 11.7. The summed E-state index contributed by atoms with van der Waals surface area (Å²) < 4.78 is 131. The largest absolute Gasteiger partial charge is 0.495 e. The van der Waals surface area contributed by atoms with E-state index < -0.39 is 46.2 Å². The molecule has 348 valence electrons. The Balaban J connectivity index is 0.000000170. The van der Waals surface area contributed by atoms with Gasteiger partial charge in [-0.3, -0.25) is 0 Å². The number of fused-ring (bicyclic) bond motifs is 2. The van der Waals surface area contributed by atoms with E-state index in [1.165, 1.54) is 9.13 Å². The number of aromatic nitrogens is 10. The second-order valence-corrected chi connectivity index (χ2v) is 16.1. The fourth-order valence-corrected chi connectivity index (χ4v) is 8.24. The first-order chi connectivity index (χ1) is 32.6. The van der Waals surface area contributed by atoms with E-state index in [-0.39, 0.29) is 48.7 Å². The van der Waals surface area contributed by atoms with Crippen LogP contribution in [0.2, 0.25) is 0 Å². The molecule has 2 atom stereocenters. The maximum absolute atomic E-state index is 15.8. The van der Waals surface area contributed by atoms with Gasteiger partial charge < -0.3 is 27.7 Å². The summed E-state index contributed by atoms with van der Waals surface area (Å²) in [5.41, 5.74) is -0.201. The van der Waals surface area contributed by atoms with Gasteiger partial charge in [-0.2, -0.15) is 0 Å². The van der Waals surface area contributed by atoms with E-state index in [4.69, 9.17) is 9.47 Å². The molecule has 0 saturated heterocycles. The number of halogens is 8. The monoisotopic (exact) mass is 938 g/mol. The Morgan fingerprint density at radius 3 is 1.25 bits per heavy atom. The van der Waals surface area contributed by atoms with Gasteiger partial charge in [-0.05, 0) is 85.7 Å². The highest BCUT2D eigenvalue weighted by Crippen LogP contribution is 2.44. The van der Waals surface area contributed by atoms with Gasteiger partial charge in [0.2, 0.25) is 0 Å². The standard InChI is InChI=1S/2C24H19F4N5O/c2*1-14-12-32(13-29-14)19-5-3-15(9-20(19)34-2)4-6-21-30-31-23-24(28,7-8-33(21)23)16-10-17(25)22(27)18(26)11-16/h2*3-6,9-13H,7-8H2,1-2H3/b2*6-4+/t2*24-/m10/s1. The van der Waals surface area contributed by atoms with Crippen molar-refractivity contribution in [2.45, 2.75) is 51.1 Å². The smallest absolute Gasteiger partial charge is 0.197 e. The van der Waals surface area contributed by atoms with Crippen molar-refractivity contribution < 1.29 is 44.6 Å². The van der Waals surface area contributed by atoms with E-state index in [1.807, 2.05) is 71.8 Å². The van der Waals surface area contributed by atoms with E-state index in [9.17, 15) is 26.3 Å². The second-order valence-electron chi connectivity index (χ2n) is 16.1. The van der Waals surface area contributed by atoms with Gasteiger partial charge in [0.1, 0.15) is 11.5 Å². The van der Waals surface area contributed by atoms with Crippen molar-refractivity contribution >= 4 is 24.3 Å². The fourth-order valence-electron chi connectivity index (χ4n) is 8.24. The van der Waals surface area contributed by atoms with Crippen LogP contribution >= 0.6 is 0 Å². The number of methoxy groups -OCH3 is 2. The minimum atomic E-state index is -2.28. The highest BCUT2D eigenvalue weighted by Gasteiger charge is 2.46. The van der Waals surface area contributed by atoms with Crippen molar-refractivity contribution in [2.75, 3.05) is 14.2 Å². The van der Waals surface area contributed by atoms with Crippen LogP contribution in [-0.4, -0.2) is 62.9 Å². The molecule has 0 fully saturated rings. The highest BCUT2D eigenvalue weighted by molar-refractivity contribution is 5.70. The molecular formula is C48H38F8N10O2. The molecule has 68 heavy (non-hydrogen) atoms. The summed E-state index contributed by atoms with van der Waals surface area (Å²) in [4.78, 5) is 8.45. The topological polar surface area (TPSA) is 116 Å². The van der Waals surface area contributed by atoms with Crippen LogP contribution in [0.25, 0.3) is 35.7 Å². The maximum atomic E-state index is 15.8. The first-order valence-electron chi connectivity index (χ1n) is 20.9. The average molecular weight is 939 g/mol. The van der Waals surface area contributed by atoms with Crippen molar-refractivity contribution in [3.63, 3.8) is 0 Å². The Morgan fingerprint density at radius 2 is 0.912 bits per heavy atom.